The third kappa shape index (κ3) is 5.08. The van der Waals surface area contributed by atoms with Crippen molar-refractivity contribution in [2.24, 2.45) is 0 Å². The average molecular weight is 432 g/mol. The van der Waals surface area contributed by atoms with Crippen molar-refractivity contribution in [3.63, 3.8) is 0 Å². The molecule has 1 atom stereocenters. The maximum absolute atomic E-state index is 14.9. The molecule has 2 heterocycles. The highest BCUT2D eigenvalue weighted by Crippen LogP contribution is 2.33. The first-order valence-corrected chi connectivity index (χ1v) is 10.6. The number of ether oxygens (including phenoxy) is 1. The Morgan fingerprint density at radius 3 is 2.66 bits per heavy atom. The van der Waals surface area contributed by atoms with E-state index in [2.05, 4.69) is 21.9 Å². The lowest BCUT2D eigenvalue weighted by atomic mass is 9.99. The van der Waals surface area contributed by atoms with Crippen LogP contribution in [0.3, 0.4) is 0 Å². The molecular weight excluding hydrogens is 405 g/mol. The van der Waals surface area contributed by atoms with Gasteiger partial charge >= 0.3 is 0 Å². The molecule has 0 bridgehead atoms. The van der Waals surface area contributed by atoms with Gasteiger partial charge in [-0.3, -0.25) is 9.88 Å². The Labute approximate surface area is 188 Å². The minimum atomic E-state index is -0.932. The number of aliphatic hydroxyl groups excluding tert-OH is 1. The molecule has 164 valence electrons. The van der Waals surface area contributed by atoms with E-state index in [1.165, 1.54) is 6.07 Å². The summed E-state index contributed by atoms with van der Waals surface area (Å²) >= 11 is 0. The smallest absolute Gasteiger partial charge is 0.148 e. The molecule has 1 saturated heterocycles. The molecule has 0 radical (unpaired) electrons. The zero-order valence-corrected chi connectivity index (χ0v) is 17.8. The van der Waals surface area contributed by atoms with Crippen molar-refractivity contribution in [3.8, 4) is 18.1 Å². The minimum absolute atomic E-state index is 0.248. The van der Waals surface area contributed by atoms with Crippen LogP contribution in [0.2, 0.25) is 0 Å². The molecule has 1 aliphatic rings. The predicted octanol–water partition coefficient (Wildman–Crippen LogP) is 3.64. The van der Waals surface area contributed by atoms with Crippen LogP contribution in [0, 0.1) is 18.2 Å². The van der Waals surface area contributed by atoms with Gasteiger partial charge in [0.1, 0.15) is 24.3 Å². The normalized spacial score (nSPS) is 15.2. The van der Waals surface area contributed by atoms with Gasteiger partial charge in [0.2, 0.25) is 0 Å². The zero-order chi connectivity index (χ0) is 22.3. The predicted molar refractivity (Wildman–Crippen MR) is 123 cm³/mol. The van der Waals surface area contributed by atoms with Crippen LogP contribution in [-0.4, -0.2) is 47.8 Å². The molecule has 0 aliphatic carbocycles. The molecule has 1 fully saturated rings. The van der Waals surface area contributed by atoms with Crippen LogP contribution < -0.4 is 9.64 Å². The number of para-hydroxylation sites is 1. The van der Waals surface area contributed by atoms with Gasteiger partial charge in [-0.1, -0.05) is 36.3 Å². The number of hydrogen-bond acceptors (Lipinski definition) is 5. The first-order chi connectivity index (χ1) is 15.7. The number of piperazine rings is 1. The van der Waals surface area contributed by atoms with Gasteiger partial charge in [0.05, 0.1) is 5.69 Å². The van der Waals surface area contributed by atoms with E-state index in [9.17, 15) is 9.50 Å². The summed E-state index contributed by atoms with van der Waals surface area (Å²) < 4.78 is 20.4. The Bertz CT molecular complexity index is 1080. The SMILES string of the molecule is C#CCOc1cccc(CN2CCN(c3c(F)cccc3[C@@H](O)c3cccnc3)CC2)c1. The molecule has 1 aliphatic heterocycles. The minimum Gasteiger partial charge on any atom is -0.481 e. The lowest BCUT2D eigenvalue weighted by Gasteiger charge is -2.37. The Morgan fingerprint density at radius 2 is 1.91 bits per heavy atom. The fraction of sp³-hybridized carbons (Fsp3) is 0.269. The van der Waals surface area contributed by atoms with E-state index >= 15 is 0 Å². The molecule has 0 amide bonds. The molecule has 1 N–H and O–H groups in total. The van der Waals surface area contributed by atoms with E-state index in [0.717, 1.165) is 30.9 Å². The van der Waals surface area contributed by atoms with Gasteiger partial charge in [-0.05, 0) is 29.8 Å². The lowest BCUT2D eigenvalue weighted by molar-refractivity contribution is 0.218. The number of benzene rings is 2. The van der Waals surface area contributed by atoms with Crippen molar-refractivity contribution in [3.05, 3.63) is 89.5 Å². The third-order valence-corrected chi connectivity index (χ3v) is 5.63. The average Bonchev–Trinajstić information content (AvgIpc) is 2.83. The number of rotatable bonds is 7. The summed E-state index contributed by atoms with van der Waals surface area (Å²) in [5.74, 6) is 2.92. The maximum Gasteiger partial charge on any atom is 0.148 e. The molecule has 3 aromatic rings. The number of hydrogen-bond donors (Lipinski definition) is 1. The molecule has 32 heavy (non-hydrogen) atoms. The monoisotopic (exact) mass is 431 g/mol. The van der Waals surface area contributed by atoms with Crippen molar-refractivity contribution in [2.45, 2.75) is 12.6 Å². The fourth-order valence-electron chi connectivity index (χ4n) is 4.05. The first-order valence-electron chi connectivity index (χ1n) is 10.6. The van der Waals surface area contributed by atoms with Crippen LogP contribution in [0.5, 0.6) is 5.75 Å². The van der Waals surface area contributed by atoms with E-state index in [1.54, 1.807) is 36.7 Å². The second-order valence-electron chi connectivity index (χ2n) is 7.77. The summed E-state index contributed by atoms with van der Waals surface area (Å²) in [7, 11) is 0. The number of nitrogens with zero attached hydrogens (tertiary/aromatic N) is 3. The largest absolute Gasteiger partial charge is 0.481 e. The van der Waals surface area contributed by atoms with Crippen molar-refractivity contribution in [1.29, 1.82) is 0 Å². The first kappa shape index (κ1) is 21.8. The number of terminal acetylenes is 1. The molecule has 1 aromatic heterocycles. The van der Waals surface area contributed by atoms with Crippen molar-refractivity contribution < 1.29 is 14.2 Å². The maximum atomic E-state index is 14.9. The van der Waals surface area contributed by atoms with Crippen LogP contribution in [0.4, 0.5) is 10.1 Å². The molecule has 0 unspecified atom stereocenters. The van der Waals surface area contributed by atoms with Gasteiger partial charge < -0.3 is 14.7 Å². The lowest BCUT2D eigenvalue weighted by Crippen LogP contribution is -2.46. The topological polar surface area (TPSA) is 48.8 Å². The van der Waals surface area contributed by atoms with Gasteiger partial charge in [0.15, 0.2) is 0 Å². The van der Waals surface area contributed by atoms with Crippen LogP contribution >= 0.6 is 0 Å². The Hall–Kier alpha value is -3.40. The van der Waals surface area contributed by atoms with E-state index in [-0.39, 0.29) is 12.4 Å². The highest BCUT2D eigenvalue weighted by atomic mass is 19.1. The standard InChI is InChI=1S/C26H26FN3O2/c1-2-16-32-22-8-3-6-20(17-22)19-29-12-14-30(15-13-29)25-23(9-4-10-24(25)27)26(31)21-7-5-11-28-18-21/h1,3-11,17-18,26,31H,12-16,19H2/t26-/m0/s1. The van der Waals surface area contributed by atoms with Crippen LogP contribution in [-0.2, 0) is 6.54 Å². The van der Waals surface area contributed by atoms with E-state index in [0.29, 0.717) is 29.9 Å². The van der Waals surface area contributed by atoms with Crippen LogP contribution in [0.25, 0.3) is 0 Å². The molecule has 0 spiro atoms. The summed E-state index contributed by atoms with van der Waals surface area (Å²) in [4.78, 5) is 8.42. The Balaban J connectivity index is 1.44. The third-order valence-electron chi connectivity index (χ3n) is 5.63. The molecule has 6 heteroatoms. The fourth-order valence-corrected chi connectivity index (χ4v) is 4.05. The van der Waals surface area contributed by atoms with Crippen molar-refractivity contribution >= 4 is 5.69 Å². The molecule has 5 nitrogen and oxygen atoms in total. The van der Waals surface area contributed by atoms with Gasteiger partial charge in [-0.15, -0.1) is 6.42 Å². The number of halogens is 1. The molecule has 2 aromatic carbocycles. The summed E-state index contributed by atoms with van der Waals surface area (Å²) in [5.41, 5.74) is 2.81. The van der Waals surface area contributed by atoms with E-state index in [4.69, 9.17) is 11.2 Å². The van der Waals surface area contributed by atoms with Gasteiger partial charge in [-0.25, -0.2) is 4.39 Å². The summed E-state index contributed by atoms with van der Waals surface area (Å²) in [6, 6.07) is 16.4. The quantitative estimate of drug-likeness (QED) is 0.579. The number of aliphatic hydroxyl groups is 1. The number of anilines is 1. The highest BCUT2D eigenvalue weighted by molar-refractivity contribution is 5.58. The number of pyridine rings is 1. The molecule has 0 saturated carbocycles. The summed E-state index contributed by atoms with van der Waals surface area (Å²) in [6.07, 6.45) is 7.59. The second-order valence-corrected chi connectivity index (χ2v) is 7.77. The van der Waals surface area contributed by atoms with Gasteiger partial charge in [-0.2, -0.15) is 0 Å². The Kier molecular flexibility index (Phi) is 7.00. The number of aromatic nitrogens is 1. The zero-order valence-electron chi connectivity index (χ0n) is 17.8. The van der Waals surface area contributed by atoms with E-state index < -0.39 is 6.10 Å². The van der Waals surface area contributed by atoms with Crippen molar-refractivity contribution in [2.75, 3.05) is 37.7 Å². The summed E-state index contributed by atoms with van der Waals surface area (Å²) in [6.45, 7) is 3.93. The van der Waals surface area contributed by atoms with E-state index in [1.807, 2.05) is 23.1 Å². The summed E-state index contributed by atoms with van der Waals surface area (Å²) in [5, 5.41) is 10.9. The van der Waals surface area contributed by atoms with Crippen molar-refractivity contribution in [1.82, 2.24) is 9.88 Å². The van der Waals surface area contributed by atoms with Crippen LogP contribution in [0.1, 0.15) is 22.8 Å². The van der Waals surface area contributed by atoms with Crippen LogP contribution in [0.15, 0.2) is 67.0 Å². The highest BCUT2D eigenvalue weighted by Gasteiger charge is 2.25. The molecule has 4 rings (SSSR count). The Morgan fingerprint density at radius 1 is 1.09 bits per heavy atom. The van der Waals surface area contributed by atoms with Gasteiger partial charge in [0.25, 0.3) is 0 Å². The second kappa shape index (κ2) is 10.3. The van der Waals surface area contributed by atoms with Gasteiger partial charge in [0, 0.05) is 56.2 Å². The molecular formula is C26H26FN3O2.